The summed E-state index contributed by atoms with van der Waals surface area (Å²) < 4.78 is 27.9. The van der Waals surface area contributed by atoms with Crippen LogP contribution in [0.1, 0.15) is 33.4 Å². The highest BCUT2D eigenvalue weighted by Crippen LogP contribution is 2.39. The lowest BCUT2D eigenvalue weighted by Crippen LogP contribution is -2.41. The molecule has 5 nitrogen and oxygen atoms in total. The largest absolute Gasteiger partial charge is 0.525 e. The van der Waals surface area contributed by atoms with Gasteiger partial charge in [0.25, 0.3) is 0 Å². The SMILES string of the molecule is C#CCn1nc(-c2ccncc2)cc1C=C(F)B1OC(C)(C)C(C)(C)O1. The topological polar surface area (TPSA) is 49.2 Å². The summed E-state index contributed by atoms with van der Waals surface area (Å²) in [7, 11) is -1.06. The number of aromatic nitrogens is 3. The third kappa shape index (κ3) is 3.43. The van der Waals surface area contributed by atoms with Crippen molar-refractivity contribution in [3.63, 3.8) is 0 Å². The third-order valence-electron chi connectivity index (χ3n) is 4.79. The number of nitrogens with zero attached hydrogens (tertiary/aromatic N) is 3. The molecule has 1 aliphatic heterocycles. The van der Waals surface area contributed by atoms with Crippen LogP contribution >= 0.6 is 0 Å². The molecule has 3 heterocycles. The fourth-order valence-electron chi connectivity index (χ4n) is 2.59. The van der Waals surface area contributed by atoms with Crippen molar-refractivity contribution in [1.82, 2.24) is 14.8 Å². The van der Waals surface area contributed by atoms with Crippen molar-refractivity contribution < 1.29 is 13.7 Å². The first-order valence-electron chi connectivity index (χ1n) is 8.38. The van der Waals surface area contributed by atoms with Gasteiger partial charge in [0.05, 0.1) is 22.6 Å². The lowest BCUT2D eigenvalue weighted by Gasteiger charge is -2.32. The van der Waals surface area contributed by atoms with E-state index in [9.17, 15) is 4.39 Å². The highest BCUT2D eigenvalue weighted by Gasteiger charge is 2.53. The summed E-state index contributed by atoms with van der Waals surface area (Å²) in [5.41, 5.74) is 0.371. The van der Waals surface area contributed by atoms with Gasteiger partial charge in [-0.2, -0.15) is 5.10 Å². The molecule has 0 aromatic carbocycles. The lowest BCUT2D eigenvalue weighted by molar-refractivity contribution is 0.00578. The Morgan fingerprint density at radius 3 is 2.46 bits per heavy atom. The number of pyridine rings is 1. The van der Waals surface area contributed by atoms with Crippen LogP contribution in [0.15, 0.2) is 36.3 Å². The van der Waals surface area contributed by atoms with Gasteiger partial charge in [-0.1, -0.05) is 5.92 Å². The molecule has 1 aliphatic rings. The quantitative estimate of drug-likeness (QED) is 0.623. The van der Waals surface area contributed by atoms with Gasteiger partial charge in [-0.15, -0.1) is 6.42 Å². The standard InChI is InChI=1S/C19H21BFN3O2/c1-6-11-24-15(12-16(23-24)14-7-9-22-10-8-14)13-17(21)20-25-18(2,3)19(4,5)26-20/h1,7-10,12-13H,11H2,2-5H3. The monoisotopic (exact) mass is 353 g/mol. The molecule has 0 atom stereocenters. The van der Waals surface area contributed by atoms with Crippen molar-refractivity contribution in [3.8, 4) is 23.6 Å². The van der Waals surface area contributed by atoms with Crippen molar-refractivity contribution in [3.05, 3.63) is 42.0 Å². The van der Waals surface area contributed by atoms with Gasteiger partial charge in [0.2, 0.25) is 0 Å². The van der Waals surface area contributed by atoms with Gasteiger partial charge in [-0.3, -0.25) is 9.67 Å². The maximum absolute atomic E-state index is 14.8. The van der Waals surface area contributed by atoms with Crippen LogP contribution in [0, 0.1) is 12.3 Å². The Kier molecular flexibility index (Phi) is 4.74. The molecule has 0 saturated carbocycles. The molecule has 0 spiro atoms. The van der Waals surface area contributed by atoms with Crippen molar-refractivity contribution in [2.24, 2.45) is 0 Å². The fourth-order valence-corrected chi connectivity index (χ4v) is 2.59. The van der Waals surface area contributed by atoms with Crippen LogP contribution in [-0.4, -0.2) is 33.1 Å². The van der Waals surface area contributed by atoms with Gasteiger partial charge in [0.15, 0.2) is 0 Å². The molecule has 134 valence electrons. The summed E-state index contributed by atoms with van der Waals surface area (Å²) in [6.07, 6.45) is 10.1. The van der Waals surface area contributed by atoms with Crippen LogP contribution in [0.25, 0.3) is 17.3 Å². The Hall–Kier alpha value is -2.43. The van der Waals surface area contributed by atoms with Crippen molar-refractivity contribution >= 4 is 13.2 Å². The fraction of sp³-hybridized carbons (Fsp3) is 0.368. The molecular weight excluding hydrogens is 332 g/mol. The maximum atomic E-state index is 14.8. The molecule has 26 heavy (non-hydrogen) atoms. The van der Waals surface area contributed by atoms with Gasteiger partial charge < -0.3 is 9.31 Å². The number of hydrogen-bond acceptors (Lipinski definition) is 4. The van der Waals surface area contributed by atoms with E-state index in [0.29, 0.717) is 11.4 Å². The van der Waals surface area contributed by atoms with Gasteiger partial charge in [-0.05, 0) is 52.0 Å². The van der Waals surface area contributed by atoms with Gasteiger partial charge in [-0.25, -0.2) is 4.39 Å². The van der Waals surface area contributed by atoms with E-state index in [-0.39, 0.29) is 6.54 Å². The van der Waals surface area contributed by atoms with Crippen LogP contribution < -0.4 is 0 Å². The highest BCUT2D eigenvalue weighted by atomic mass is 19.1. The van der Waals surface area contributed by atoms with E-state index in [2.05, 4.69) is 16.0 Å². The molecule has 0 aliphatic carbocycles. The van der Waals surface area contributed by atoms with E-state index >= 15 is 0 Å². The third-order valence-corrected chi connectivity index (χ3v) is 4.79. The van der Waals surface area contributed by atoms with Crippen molar-refractivity contribution in [2.45, 2.75) is 45.4 Å². The maximum Gasteiger partial charge on any atom is 0.525 e. The second-order valence-electron chi connectivity index (χ2n) is 7.17. The smallest absolute Gasteiger partial charge is 0.398 e. The molecular formula is C19H21BFN3O2. The summed E-state index contributed by atoms with van der Waals surface area (Å²) >= 11 is 0. The molecule has 0 amide bonds. The van der Waals surface area contributed by atoms with Crippen LogP contribution in [0.3, 0.4) is 0 Å². The molecule has 1 saturated heterocycles. The Bertz CT molecular complexity index is 853. The average molecular weight is 353 g/mol. The molecule has 7 heteroatoms. The second kappa shape index (κ2) is 6.71. The predicted molar refractivity (Wildman–Crippen MR) is 99.5 cm³/mol. The summed E-state index contributed by atoms with van der Waals surface area (Å²) in [5, 5.41) is 4.46. The van der Waals surface area contributed by atoms with Gasteiger partial charge in [0.1, 0.15) is 12.3 Å². The van der Waals surface area contributed by atoms with E-state index in [4.69, 9.17) is 15.7 Å². The minimum atomic E-state index is -1.06. The first-order chi connectivity index (χ1) is 12.2. The molecule has 0 radical (unpaired) electrons. The summed E-state index contributed by atoms with van der Waals surface area (Å²) in [4.78, 5) is 3.99. The van der Waals surface area contributed by atoms with Crippen LogP contribution in [0.2, 0.25) is 0 Å². The first kappa shape index (κ1) is 18.4. The minimum absolute atomic E-state index is 0.230. The lowest BCUT2D eigenvalue weighted by atomic mass is 9.87. The van der Waals surface area contributed by atoms with Crippen LogP contribution in [0.4, 0.5) is 4.39 Å². The summed E-state index contributed by atoms with van der Waals surface area (Å²) in [6, 6.07) is 5.44. The number of hydrogen-bond donors (Lipinski definition) is 0. The highest BCUT2D eigenvalue weighted by molar-refractivity contribution is 6.54. The molecule has 0 unspecified atom stereocenters. The van der Waals surface area contributed by atoms with Gasteiger partial charge >= 0.3 is 7.12 Å². The number of terminal acetylenes is 1. The Labute approximate surface area is 153 Å². The van der Waals surface area contributed by atoms with E-state index < -0.39 is 24.0 Å². The number of rotatable bonds is 4. The Balaban J connectivity index is 1.92. The van der Waals surface area contributed by atoms with Crippen molar-refractivity contribution in [1.29, 1.82) is 0 Å². The average Bonchev–Trinajstić information content (AvgIpc) is 3.07. The zero-order valence-corrected chi connectivity index (χ0v) is 15.4. The predicted octanol–water partition coefficient (Wildman–Crippen LogP) is 3.52. The zero-order chi connectivity index (χ0) is 18.9. The van der Waals surface area contributed by atoms with E-state index in [0.717, 1.165) is 5.56 Å². The van der Waals surface area contributed by atoms with E-state index in [1.54, 1.807) is 23.1 Å². The van der Waals surface area contributed by atoms with E-state index in [1.807, 2.05) is 39.8 Å². The van der Waals surface area contributed by atoms with Crippen LogP contribution in [0.5, 0.6) is 0 Å². The summed E-state index contributed by atoms with van der Waals surface area (Å²) in [6.45, 7) is 7.75. The van der Waals surface area contributed by atoms with E-state index in [1.165, 1.54) is 6.08 Å². The molecule has 2 aromatic heterocycles. The molecule has 3 rings (SSSR count). The van der Waals surface area contributed by atoms with Crippen LogP contribution in [-0.2, 0) is 15.9 Å². The first-order valence-corrected chi connectivity index (χ1v) is 8.38. The summed E-state index contributed by atoms with van der Waals surface area (Å²) in [5.74, 6) is 2.53. The normalized spacial score (nSPS) is 18.8. The number of halogens is 1. The Morgan fingerprint density at radius 1 is 1.27 bits per heavy atom. The molecule has 1 fully saturated rings. The zero-order valence-electron chi connectivity index (χ0n) is 15.4. The second-order valence-corrected chi connectivity index (χ2v) is 7.17. The van der Waals surface area contributed by atoms with Gasteiger partial charge in [0, 0.05) is 18.0 Å². The molecule has 2 aromatic rings. The minimum Gasteiger partial charge on any atom is -0.398 e. The van der Waals surface area contributed by atoms with Crippen molar-refractivity contribution in [2.75, 3.05) is 0 Å². The molecule has 0 bridgehead atoms. The molecule has 0 N–H and O–H groups in total. The Morgan fingerprint density at radius 2 is 1.88 bits per heavy atom.